The Bertz CT molecular complexity index is 1090. The minimum absolute atomic E-state index is 0.00663. The fourth-order valence-electron chi connectivity index (χ4n) is 3.72. The standard InChI is InChI=1S/C21H20FN5O2/c22-16-11-26-20(24-8-7-23)18-17(16)15(10-25-18)19(28)21(29)27-9-6-14(12-27)13-4-2-1-3-5-13/h1-5,7-8,10-11,14,25H,6,9,12,23H2,(H,24,26)/b8-7-. The number of likely N-dealkylation sites (tertiary alicyclic amines) is 1. The zero-order chi connectivity index (χ0) is 20.4. The molecular weight excluding hydrogens is 373 g/mol. The number of aromatic amines is 1. The van der Waals surface area contributed by atoms with Crippen LogP contribution in [0.15, 0.2) is 55.1 Å². The lowest BCUT2D eigenvalue weighted by Crippen LogP contribution is -2.34. The average molecular weight is 393 g/mol. The van der Waals surface area contributed by atoms with Gasteiger partial charge < -0.3 is 20.9 Å². The van der Waals surface area contributed by atoms with Gasteiger partial charge in [-0.3, -0.25) is 9.59 Å². The average Bonchev–Trinajstić information content (AvgIpc) is 3.41. The molecule has 2 aromatic heterocycles. The first-order valence-electron chi connectivity index (χ1n) is 9.27. The second kappa shape index (κ2) is 7.75. The maximum Gasteiger partial charge on any atom is 0.295 e. The number of hydrogen-bond acceptors (Lipinski definition) is 5. The largest absolute Gasteiger partial charge is 0.403 e. The Morgan fingerprint density at radius 2 is 2.10 bits per heavy atom. The van der Waals surface area contributed by atoms with Gasteiger partial charge in [0.15, 0.2) is 11.6 Å². The maximum absolute atomic E-state index is 14.4. The number of amides is 1. The Morgan fingerprint density at radius 3 is 2.86 bits per heavy atom. The van der Waals surface area contributed by atoms with Crippen molar-refractivity contribution in [3.8, 4) is 0 Å². The van der Waals surface area contributed by atoms with Crippen molar-refractivity contribution in [2.45, 2.75) is 12.3 Å². The van der Waals surface area contributed by atoms with Gasteiger partial charge in [-0.25, -0.2) is 9.37 Å². The number of carbonyl (C=O) groups excluding carboxylic acids is 2. The second-order valence-corrected chi connectivity index (χ2v) is 6.89. The molecule has 1 atom stereocenters. The van der Waals surface area contributed by atoms with E-state index in [0.717, 1.165) is 18.2 Å². The van der Waals surface area contributed by atoms with Crippen molar-refractivity contribution in [1.82, 2.24) is 14.9 Å². The summed E-state index contributed by atoms with van der Waals surface area (Å²) >= 11 is 0. The minimum atomic E-state index is -0.740. The summed E-state index contributed by atoms with van der Waals surface area (Å²) in [5, 5.41) is 2.84. The molecule has 0 radical (unpaired) electrons. The van der Waals surface area contributed by atoms with Gasteiger partial charge in [-0.1, -0.05) is 30.3 Å². The van der Waals surface area contributed by atoms with Crippen LogP contribution in [0.25, 0.3) is 10.9 Å². The summed E-state index contributed by atoms with van der Waals surface area (Å²) in [4.78, 5) is 34.0. The van der Waals surface area contributed by atoms with Crippen molar-refractivity contribution in [3.05, 3.63) is 72.1 Å². The van der Waals surface area contributed by atoms with Crippen LogP contribution in [0, 0.1) is 5.82 Å². The molecule has 0 bridgehead atoms. The number of benzene rings is 1. The maximum atomic E-state index is 14.4. The van der Waals surface area contributed by atoms with Gasteiger partial charge in [0.25, 0.3) is 11.7 Å². The van der Waals surface area contributed by atoms with E-state index in [1.54, 1.807) is 0 Å². The molecule has 1 unspecified atom stereocenters. The zero-order valence-electron chi connectivity index (χ0n) is 15.6. The van der Waals surface area contributed by atoms with Crippen molar-refractivity contribution < 1.29 is 14.0 Å². The molecule has 1 aliphatic rings. The topological polar surface area (TPSA) is 104 Å². The van der Waals surface area contributed by atoms with Crippen molar-refractivity contribution in [2.75, 3.05) is 18.4 Å². The fraction of sp³-hybridized carbons (Fsp3) is 0.190. The number of aromatic nitrogens is 2. The molecule has 0 spiro atoms. The summed E-state index contributed by atoms with van der Waals surface area (Å²) in [5.41, 5.74) is 6.74. The zero-order valence-corrected chi connectivity index (χ0v) is 15.6. The third-order valence-corrected chi connectivity index (χ3v) is 5.16. The highest BCUT2D eigenvalue weighted by Gasteiger charge is 2.33. The SMILES string of the molecule is N/C=C\Nc1ncc(F)c2c(C(=O)C(=O)N3CCC(c4ccccc4)C3)c[nH]c12. The number of hydrogen-bond donors (Lipinski definition) is 3. The number of anilines is 1. The Labute approximate surface area is 166 Å². The smallest absolute Gasteiger partial charge is 0.295 e. The van der Waals surface area contributed by atoms with Crippen molar-refractivity contribution in [3.63, 3.8) is 0 Å². The number of pyridine rings is 1. The summed E-state index contributed by atoms with van der Waals surface area (Å²) in [7, 11) is 0. The normalized spacial score (nSPS) is 16.6. The lowest BCUT2D eigenvalue weighted by Gasteiger charge is -2.15. The number of nitrogens with one attached hydrogen (secondary N) is 2. The predicted molar refractivity (Wildman–Crippen MR) is 108 cm³/mol. The Hall–Kier alpha value is -3.68. The van der Waals surface area contributed by atoms with Crippen molar-refractivity contribution >= 4 is 28.4 Å². The number of rotatable bonds is 5. The van der Waals surface area contributed by atoms with Gasteiger partial charge in [-0.2, -0.15) is 0 Å². The monoisotopic (exact) mass is 393 g/mol. The number of nitrogens with zero attached hydrogens (tertiary/aromatic N) is 2. The van der Waals surface area contributed by atoms with Crippen LogP contribution >= 0.6 is 0 Å². The number of nitrogens with two attached hydrogens (primary N) is 1. The lowest BCUT2D eigenvalue weighted by molar-refractivity contribution is -0.125. The molecule has 1 aliphatic heterocycles. The summed E-state index contributed by atoms with van der Waals surface area (Å²) in [5.74, 6) is -1.55. The van der Waals surface area contributed by atoms with E-state index < -0.39 is 17.5 Å². The first-order chi connectivity index (χ1) is 14.1. The molecule has 4 rings (SSSR count). The van der Waals surface area contributed by atoms with Gasteiger partial charge in [0.2, 0.25) is 0 Å². The molecule has 4 N–H and O–H groups in total. The van der Waals surface area contributed by atoms with Crippen LogP contribution in [0.3, 0.4) is 0 Å². The number of halogens is 1. The highest BCUT2D eigenvalue weighted by atomic mass is 19.1. The number of carbonyl (C=O) groups is 2. The van der Waals surface area contributed by atoms with Crippen LogP contribution < -0.4 is 11.1 Å². The third-order valence-electron chi connectivity index (χ3n) is 5.16. The predicted octanol–water partition coefficient (Wildman–Crippen LogP) is 2.74. The van der Waals surface area contributed by atoms with Crippen LogP contribution in [0.2, 0.25) is 0 Å². The van der Waals surface area contributed by atoms with Crippen LogP contribution in [0.5, 0.6) is 0 Å². The Kier molecular flexibility index (Phi) is 4.99. The molecule has 1 fully saturated rings. The number of H-pyrrole nitrogens is 1. The lowest BCUT2D eigenvalue weighted by atomic mass is 9.99. The molecule has 0 saturated carbocycles. The van der Waals surface area contributed by atoms with Crippen molar-refractivity contribution in [1.29, 1.82) is 0 Å². The van der Waals surface area contributed by atoms with E-state index in [0.29, 0.717) is 24.4 Å². The van der Waals surface area contributed by atoms with E-state index in [1.807, 2.05) is 30.3 Å². The fourth-order valence-corrected chi connectivity index (χ4v) is 3.72. The Balaban J connectivity index is 1.58. The molecule has 1 saturated heterocycles. The molecule has 29 heavy (non-hydrogen) atoms. The van der Waals surface area contributed by atoms with Gasteiger partial charge in [0.05, 0.1) is 22.7 Å². The Morgan fingerprint density at radius 1 is 1.31 bits per heavy atom. The van der Waals surface area contributed by atoms with E-state index in [2.05, 4.69) is 15.3 Å². The minimum Gasteiger partial charge on any atom is -0.403 e. The van der Waals surface area contributed by atoms with Gasteiger partial charge in [0, 0.05) is 37.6 Å². The second-order valence-electron chi connectivity index (χ2n) is 6.89. The van der Waals surface area contributed by atoms with Gasteiger partial charge in [0.1, 0.15) is 0 Å². The summed E-state index contributed by atoms with van der Waals surface area (Å²) in [6, 6.07) is 9.90. The van der Waals surface area contributed by atoms with Gasteiger partial charge in [-0.15, -0.1) is 0 Å². The summed E-state index contributed by atoms with van der Waals surface area (Å²) in [6.45, 7) is 0.958. The van der Waals surface area contributed by atoms with E-state index in [1.165, 1.54) is 23.5 Å². The summed E-state index contributed by atoms with van der Waals surface area (Å²) in [6.07, 6.45) is 5.84. The van der Waals surface area contributed by atoms with Gasteiger partial charge in [-0.05, 0) is 12.0 Å². The van der Waals surface area contributed by atoms with Crippen LogP contribution in [0.1, 0.15) is 28.3 Å². The van der Waals surface area contributed by atoms with E-state index >= 15 is 0 Å². The molecular formula is C21H20FN5O2. The van der Waals surface area contributed by atoms with Crippen LogP contribution in [-0.4, -0.2) is 39.6 Å². The van der Waals surface area contributed by atoms with E-state index in [-0.39, 0.29) is 16.9 Å². The number of fused-ring (bicyclic) bond motifs is 1. The number of Topliss-reactive ketones (excluding diaryl/α,β-unsaturated/α-hetero) is 1. The summed E-state index contributed by atoms with van der Waals surface area (Å²) < 4.78 is 14.4. The molecule has 0 aliphatic carbocycles. The van der Waals surface area contributed by atoms with Crippen LogP contribution in [0.4, 0.5) is 10.2 Å². The first kappa shape index (κ1) is 18.7. The van der Waals surface area contributed by atoms with E-state index in [9.17, 15) is 14.0 Å². The van der Waals surface area contributed by atoms with Gasteiger partial charge >= 0.3 is 0 Å². The molecule has 1 aromatic carbocycles. The highest BCUT2D eigenvalue weighted by molar-refractivity contribution is 6.45. The highest BCUT2D eigenvalue weighted by Crippen LogP contribution is 2.30. The molecule has 3 heterocycles. The molecule has 148 valence electrons. The quantitative estimate of drug-likeness (QED) is 0.457. The van der Waals surface area contributed by atoms with E-state index in [4.69, 9.17) is 5.73 Å². The third kappa shape index (κ3) is 3.44. The van der Waals surface area contributed by atoms with Crippen LogP contribution in [-0.2, 0) is 4.79 Å². The van der Waals surface area contributed by atoms with Crippen molar-refractivity contribution in [2.24, 2.45) is 5.73 Å². The molecule has 8 heteroatoms. The molecule has 3 aromatic rings. The first-order valence-corrected chi connectivity index (χ1v) is 9.27. The number of ketones is 1. The molecule has 1 amide bonds. The molecule has 7 nitrogen and oxygen atoms in total.